The van der Waals surface area contributed by atoms with Gasteiger partial charge in [0.1, 0.15) is 17.2 Å². The lowest BCUT2D eigenvalue weighted by atomic mass is 10.3. The molecule has 0 bridgehead atoms. The fourth-order valence-electron chi connectivity index (χ4n) is 1.86. The van der Waals surface area contributed by atoms with Crippen LogP contribution >= 0.6 is 22.6 Å². The summed E-state index contributed by atoms with van der Waals surface area (Å²) in [5.41, 5.74) is 4.35. The van der Waals surface area contributed by atoms with E-state index in [1.54, 1.807) is 38.1 Å². The maximum atomic E-state index is 11.9. The molecular weight excluding hydrogens is 451 g/mol. The molecule has 26 heavy (non-hydrogen) atoms. The molecule has 2 aromatic carbocycles. The molecular formula is C18H19IN2O5. The van der Waals surface area contributed by atoms with Crippen molar-refractivity contribution < 1.29 is 23.8 Å². The van der Waals surface area contributed by atoms with E-state index in [9.17, 15) is 9.59 Å². The molecule has 0 heterocycles. The van der Waals surface area contributed by atoms with Crippen molar-refractivity contribution in [2.45, 2.75) is 20.0 Å². The second-order valence-corrected chi connectivity index (χ2v) is 6.37. The molecule has 138 valence electrons. The van der Waals surface area contributed by atoms with Gasteiger partial charge < -0.3 is 14.2 Å². The Balaban J connectivity index is 1.84. The Labute approximate surface area is 165 Å². The van der Waals surface area contributed by atoms with E-state index in [-0.39, 0.29) is 6.61 Å². The minimum Gasteiger partial charge on any atom is -0.481 e. The quantitative estimate of drug-likeness (QED) is 0.498. The second kappa shape index (κ2) is 9.85. The van der Waals surface area contributed by atoms with Crippen LogP contribution in [0.5, 0.6) is 17.2 Å². The first-order valence-electron chi connectivity index (χ1n) is 7.90. The van der Waals surface area contributed by atoms with Gasteiger partial charge in [0.05, 0.1) is 6.61 Å². The SMILES string of the molecule is CCOC(=O)NNC(=O)[C@@H](C)Oc1ccc(Oc2ccc(I)cc2)cc1. The molecule has 2 N–H and O–H groups in total. The van der Waals surface area contributed by atoms with Crippen LogP contribution < -0.4 is 20.3 Å². The first kappa shape index (κ1) is 19.8. The predicted octanol–water partition coefficient (Wildman–Crippen LogP) is 3.63. The van der Waals surface area contributed by atoms with Gasteiger partial charge in [-0.2, -0.15) is 0 Å². The summed E-state index contributed by atoms with van der Waals surface area (Å²) in [5, 5.41) is 0. The van der Waals surface area contributed by atoms with Gasteiger partial charge in [-0.25, -0.2) is 10.2 Å². The van der Waals surface area contributed by atoms with Gasteiger partial charge >= 0.3 is 6.09 Å². The fraction of sp³-hybridized carbons (Fsp3) is 0.222. The van der Waals surface area contributed by atoms with E-state index in [0.717, 1.165) is 9.32 Å². The molecule has 0 spiro atoms. The third-order valence-electron chi connectivity index (χ3n) is 3.12. The minimum atomic E-state index is -0.806. The minimum absolute atomic E-state index is 0.213. The van der Waals surface area contributed by atoms with E-state index in [1.165, 1.54) is 0 Å². The second-order valence-electron chi connectivity index (χ2n) is 5.12. The highest BCUT2D eigenvalue weighted by molar-refractivity contribution is 14.1. The lowest BCUT2D eigenvalue weighted by molar-refractivity contribution is -0.128. The molecule has 0 aromatic heterocycles. The number of rotatable bonds is 6. The van der Waals surface area contributed by atoms with Gasteiger partial charge in [-0.05, 0) is 85.0 Å². The Bertz CT molecular complexity index is 734. The summed E-state index contributed by atoms with van der Waals surface area (Å²) in [4.78, 5) is 23.0. The molecule has 8 heteroatoms. The van der Waals surface area contributed by atoms with Crippen molar-refractivity contribution in [2.24, 2.45) is 0 Å². The number of halogens is 1. The topological polar surface area (TPSA) is 85.9 Å². The highest BCUT2D eigenvalue weighted by Gasteiger charge is 2.15. The lowest BCUT2D eigenvalue weighted by Gasteiger charge is -2.15. The highest BCUT2D eigenvalue weighted by Crippen LogP contribution is 2.24. The lowest BCUT2D eigenvalue weighted by Crippen LogP contribution is -2.47. The van der Waals surface area contributed by atoms with E-state index in [0.29, 0.717) is 11.5 Å². The maximum Gasteiger partial charge on any atom is 0.426 e. The summed E-state index contributed by atoms with van der Waals surface area (Å²) in [6, 6.07) is 14.6. The highest BCUT2D eigenvalue weighted by atomic mass is 127. The van der Waals surface area contributed by atoms with Crippen molar-refractivity contribution in [2.75, 3.05) is 6.61 Å². The molecule has 2 aromatic rings. The number of carbonyl (C=O) groups excluding carboxylic acids is 2. The van der Waals surface area contributed by atoms with Crippen molar-refractivity contribution in [1.29, 1.82) is 0 Å². The molecule has 0 aliphatic rings. The zero-order valence-corrected chi connectivity index (χ0v) is 16.5. The molecule has 0 unspecified atom stereocenters. The molecule has 0 fully saturated rings. The van der Waals surface area contributed by atoms with Gasteiger partial charge in [0.15, 0.2) is 6.10 Å². The standard InChI is InChI=1S/C18H19IN2O5/c1-3-24-18(23)21-20-17(22)12(2)25-14-8-10-16(11-9-14)26-15-6-4-13(19)5-7-15/h4-12H,3H2,1-2H3,(H,20,22)(H,21,23)/t12-/m1/s1. The van der Waals surface area contributed by atoms with E-state index in [1.807, 2.05) is 24.3 Å². The van der Waals surface area contributed by atoms with Crippen LogP contribution in [0.15, 0.2) is 48.5 Å². The van der Waals surface area contributed by atoms with Crippen LogP contribution in [-0.2, 0) is 9.53 Å². The van der Waals surface area contributed by atoms with Crippen molar-refractivity contribution in [3.05, 3.63) is 52.1 Å². The van der Waals surface area contributed by atoms with E-state index in [4.69, 9.17) is 9.47 Å². The summed E-state index contributed by atoms with van der Waals surface area (Å²) < 4.78 is 17.0. The molecule has 0 aliphatic heterocycles. The Morgan fingerprint density at radius 2 is 1.50 bits per heavy atom. The Morgan fingerprint density at radius 1 is 0.962 bits per heavy atom. The molecule has 0 aliphatic carbocycles. The Hall–Kier alpha value is -2.49. The van der Waals surface area contributed by atoms with E-state index in [2.05, 4.69) is 38.2 Å². The molecule has 7 nitrogen and oxygen atoms in total. The monoisotopic (exact) mass is 470 g/mol. The van der Waals surface area contributed by atoms with Gasteiger partial charge in [-0.15, -0.1) is 0 Å². The molecule has 0 radical (unpaired) electrons. The smallest absolute Gasteiger partial charge is 0.426 e. The number of hydrogen-bond donors (Lipinski definition) is 2. The molecule has 2 rings (SSSR count). The third-order valence-corrected chi connectivity index (χ3v) is 3.84. The zero-order valence-electron chi connectivity index (χ0n) is 14.3. The van der Waals surface area contributed by atoms with Crippen molar-refractivity contribution in [1.82, 2.24) is 10.9 Å². The normalized spacial score (nSPS) is 11.2. The Kier molecular flexibility index (Phi) is 7.52. The average Bonchev–Trinajstić information content (AvgIpc) is 2.63. The maximum absolute atomic E-state index is 11.9. The van der Waals surface area contributed by atoms with Crippen LogP contribution in [0, 0.1) is 3.57 Å². The van der Waals surface area contributed by atoms with Crippen LogP contribution in [-0.4, -0.2) is 24.7 Å². The van der Waals surface area contributed by atoms with Gasteiger partial charge in [0.2, 0.25) is 0 Å². The number of nitrogens with one attached hydrogen (secondary N) is 2. The van der Waals surface area contributed by atoms with Gasteiger partial charge in [0.25, 0.3) is 5.91 Å². The van der Waals surface area contributed by atoms with Crippen LogP contribution in [0.2, 0.25) is 0 Å². The first-order chi connectivity index (χ1) is 12.5. The van der Waals surface area contributed by atoms with Crippen molar-refractivity contribution in [3.8, 4) is 17.2 Å². The van der Waals surface area contributed by atoms with E-state index < -0.39 is 18.1 Å². The van der Waals surface area contributed by atoms with Crippen molar-refractivity contribution >= 4 is 34.6 Å². The van der Waals surface area contributed by atoms with Crippen LogP contribution in [0.1, 0.15) is 13.8 Å². The molecule has 0 saturated heterocycles. The summed E-state index contributed by atoms with van der Waals surface area (Å²) in [6.45, 7) is 3.45. The van der Waals surface area contributed by atoms with Crippen LogP contribution in [0.25, 0.3) is 0 Å². The number of hydrogen-bond acceptors (Lipinski definition) is 5. The van der Waals surface area contributed by atoms with Gasteiger partial charge in [0, 0.05) is 3.57 Å². The van der Waals surface area contributed by atoms with Crippen LogP contribution in [0.3, 0.4) is 0 Å². The van der Waals surface area contributed by atoms with Crippen molar-refractivity contribution in [3.63, 3.8) is 0 Å². The third kappa shape index (κ3) is 6.43. The summed E-state index contributed by atoms with van der Waals surface area (Å²) in [7, 11) is 0. The number of hydrazine groups is 1. The predicted molar refractivity (Wildman–Crippen MR) is 104 cm³/mol. The molecule has 1 atom stereocenters. The van der Waals surface area contributed by atoms with E-state index >= 15 is 0 Å². The van der Waals surface area contributed by atoms with Gasteiger partial charge in [-0.1, -0.05) is 0 Å². The number of amides is 2. The number of benzene rings is 2. The Morgan fingerprint density at radius 3 is 2.08 bits per heavy atom. The summed E-state index contributed by atoms with van der Waals surface area (Å²) >= 11 is 2.23. The van der Waals surface area contributed by atoms with Gasteiger partial charge in [-0.3, -0.25) is 10.2 Å². The number of ether oxygens (including phenoxy) is 3. The summed E-state index contributed by atoms with van der Waals surface area (Å²) in [6.07, 6.45) is -1.54. The molecule has 0 saturated carbocycles. The molecule has 2 amide bonds. The largest absolute Gasteiger partial charge is 0.481 e. The summed E-state index contributed by atoms with van der Waals surface area (Å²) in [5.74, 6) is 1.38. The first-order valence-corrected chi connectivity index (χ1v) is 8.98. The average molecular weight is 470 g/mol. The fourth-order valence-corrected chi connectivity index (χ4v) is 2.22. The zero-order chi connectivity index (χ0) is 18.9. The van der Waals surface area contributed by atoms with Crippen LogP contribution in [0.4, 0.5) is 4.79 Å². The number of carbonyl (C=O) groups is 2.